The van der Waals surface area contributed by atoms with Crippen molar-refractivity contribution < 1.29 is 13.7 Å². The number of amides is 1. The Kier molecular flexibility index (Phi) is 3.23. The molecule has 0 bridgehead atoms. The maximum Gasteiger partial charge on any atom is 0.255 e. The van der Waals surface area contributed by atoms with E-state index in [2.05, 4.69) is 10.5 Å². The van der Waals surface area contributed by atoms with Gasteiger partial charge in [0.1, 0.15) is 11.5 Å². The van der Waals surface area contributed by atoms with Gasteiger partial charge in [-0.1, -0.05) is 5.16 Å². The minimum absolute atomic E-state index is 0.140. The molecular weight excluding hydrogens is 232 g/mol. The molecule has 2 rings (SSSR count). The lowest BCUT2D eigenvalue weighted by molar-refractivity contribution is 0.0949. The van der Waals surface area contributed by atoms with Crippen LogP contribution in [0.4, 0.5) is 0 Å². The molecular formula is C13H16N2O3. The Morgan fingerprint density at radius 1 is 1.28 bits per heavy atom. The summed E-state index contributed by atoms with van der Waals surface area (Å²) in [5.74, 6) is 1.22. The number of nitrogens with one attached hydrogen (secondary N) is 1. The van der Waals surface area contributed by atoms with Crippen LogP contribution in [0, 0.1) is 27.7 Å². The third-order valence-corrected chi connectivity index (χ3v) is 2.99. The topological polar surface area (TPSA) is 68.3 Å². The molecule has 2 aromatic heterocycles. The van der Waals surface area contributed by atoms with Crippen molar-refractivity contribution in [2.24, 2.45) is 0 Å². The predicted molar refractivity (Wildman–Crippen MR) is 65.3 cm³/mol. The maximum absolute atomic E-state index is 12.0. The number of carbonyl (C=O) groups excluding carboxylic acids is 1. The molecule has 0 aliphatic rings. The summed E-state index contributed by atoms with van der Waals surface area (Å²) in [6.45, 7) is 7.71. The number of carbonyl (C=O) groups is 1. The summed E-state index contributed by atoms with van der Waals surface area (Å²) < 4.78 is 10.3. The molecule has 2 heterocycles. The van der Waals surface area contributed by atoms with Gasteiger partial charge in [-0.15, -0.1) is 0 Å². The molecule has 0 radical (unpaired) electrons. The van der Waals surface area contributed by atoms with Crippen LogP contribution in [0.5, 0.6) is 0 Å². The first-order valence-corrected chi connectivity index (χ1v) is 5.75. The molecule has 5 nitrogen and oxygen atoms in total. The summed E-state index contributed by atoms with van der Waals surface area (Å²) in [6, 6.07) is 0. The van der Waals surface area contributed by atoms with E-state index in [0.717, 1.165) is 22.6 Å². The second kappa shape index (κ2) is 4.68. The van der Waals surface area contributed by atoms with Gasteiger partial charge < -0.3 is 14.3 Å². The first kappa shape index (κ1) is 12.4. The molecule has 0 atom stereocenters. The van der Waals surface area contributed by atoms with E-state index < -0.39 is 0 Å². The SMILES string of the molecule is Cc1coc(C)c1C(=O)NCc1c(C)noc1C. The number of rotatable bonds is 3. The Hall–Kier alpha value is -2.04. The minimum atomic E-state index is -0.140. The lowest BCUT2D eigenvalue weighted by atomic mass is 10.1. The fourth-order valence-corrected chi connectivity index (χ4v) is 1.92. The standard InChI is InChI=1S/C13H16N2O3/c1-7-6-17-10(4)12(7)13(16)14-5-11-8(2)15-18-9(11)3/h6H,5H2,1-4H3,(H,14,16). The zero-order chi connectivity index (χ0) is 13.3. The van der Waals surface area contributed by atoms with Crippen molar-refractivity contribution in [1.29, 1.82) is 0 Å². The van der Waals surface area contributed by atoms with Crippen LogP contribution in [0.3, 0.4) is 0 Å². The minimum Gasteiger partial charge on any atom is -0.469 e. The van der Waals surface area contributed by atoms with Gasteiger partial charge in [-0.25, -0.2) is 0 Å². The third kappa shape index (κ3) is 2.16. The van der Waals surface area contributed by atoms with Crippen molar-refractivity contribution in [2.45, 2.75) is 34.2 Å². The first-order chi connectivity index (χ1) is 8.50. The van der Waals surface area contributed by atoms with Gasteiger partial charge in [-0.3, -0.25) is 4.79 Å². The average Bonchev–Trinajstić information content (AvgIpc) is 2.81. The molecule has 0 spiro atoms. The third-order valence-electron chi connectivity index (χ3n) is 2.99. The molecule has 5 heteroatoms. The van der Waals surface area contributed by atoms with Crippen LogP contribution < -0.4 is 5.32 Å². The van der Waals surface area contributed by atoms with E-state index in [1.807, 2.05) is 20.8 Å². The lowest BCUT2D eigenvalue weighted by Gasteiger charge is -2.04. The van der Waals surface area contributed by atoms with Gasteiger partial charge >= 0.3 is 0 Å². The molecule has 1 amide bonds. The fourth-order valence-electron chi connectivity index (χ4n) is 1.92. The Balaban J connectivity index is 2.10. The molecule has 0 saturated carbocycles. The average molecular weight is 248 g/mol. The summed E-state index contributed by atoms with van der Waals surface area (Å²) >= 11 is 0. The highest BCUT2D eigenvalue weighted by molar-refractivity contribution is 5.96. The Labute approximate surface area is 105 Å². The smallest absolute Gasteiger partial charge is 0.255 e. The van der Waals surface area contributed by atoms with Gasteiger partial charge in [0.05, 0.1) is 17.5 Å². The number of nitrogens with zero attached hydrogens (tertiary/aromatic N) is 1. The number of furan rings is 1. The summed E-state index contributed by atoms with van der Waals surface area (Å²) in [4.78, 5) is 12.0. The number of aryl methyl sites for hydroxylation is 4. The second-order valence-electron chi connectivity index (χ2n) is 4.34. The summed E-state index contributed by atoms with van der Waals surface area (Å²) in [6.07, 6.45) is 1.58. The molecule has 2 aromatic rings. The summed E-state index contributed by atoms with van der Waals surface area (Å²) in [5.41, 5.74) is 3.15. The molecule has 0 aromatic carbocycles. The number of hydrogen-bond donors (Lipinski definition) is 1. The molecule has 18 heavy (non-hydrogen) atoms. The van der Waals surface area contributed by atoms with Crippen molar-refractivity contribution in [3.63, 3.8) is 0 Å². The van der Waals surface area contributed by atoms with Crippen LogP contribution in [0.2, 0.25) is 0 Å². The highest BCUT2D eigenvalue weighted by Gasteiger charge is 2.16. The van der Waals surface area contributed by atoms with Crippen molar-refractivity contribution in [1.82, 2.24) is 10.5 Å². The van der Waals surface area contributed by atoms with Gasteiger partial charge in [0.15, 0.2) is 0 Å². The Morgan fingerprint density at radius 2 is 2.00 bits per heavy atom. The quantitative estimate of drug-likeness (QED) is 0.905. The van der Waals surface area contributed by atoms with Gasteiger partial charge in [-0.2, -0.15) is 0 Å². The van der Waals surface area contributed by atoms with Gasteiger partial charge in [0, 0.05) is 17.7 Å². The van der Waals surface area contributed by atoms with Crippen molar-refractivity contribution in [2.75, 3.05) is 0 Å². The van der Waals surface area contributed by atoms with Crippen molar-refractivity contribution >= 4 is 5.91 Å². The second-order valence-corrected chi connectivity index (χ2v) is 4.34. The number of hydrogen-bond acceptors (Lipinski definition) is 4. The van der Waals surface area contributed by atoms with Crippen LogP contribution >= 0.6 is 0 Å². The highest BCUT2D eigenvalue weighted by atomic mass is 16.5. The molecule has 0 unspecified atom stereocenters. The molecule has 0 fully saturated rings. The number of aromatic nitrogens is 1. The van der Waals surface area contributed by atoms with Crippen molar-refractivity contribution in [3.8, 4) is 0 Å². The highest BCUT2D eigenvalue weighted by Crippen LogP contribution is 2.16. The molecule has 96 valence electrons. The summed E-state index contributed by atoms with van der Waals surface area (Å²) in [5, 5.41) is 6.70. The van der Waals surface area contributed by atoms with E-state index >= 15 is 0 Å². The van der Waals surface area contributed by atoms with Gasteiger partial charge in [0.2, 0.25) is 0 Å². The molecule has 0 saturated heterocycles. The molecule has 1 N–H and O–H groups in total. The normalized spacial score (nSPS) is 10.7. The fraction of sp³-hybridized carbons (Fsp3) is 0.385. The van der Waals surface area contributed by atoms with Crippen LogP contribution in [0.15, 0.2) is 15.2 Å². The summed E-state index contributed by atoms with van der Waals surface area (Å²) in [7, 11) is 0. The van der Waals surface area contributed by atoms with Crippen LogP contribution in [0.1, 0.15) is 38.7 Å². The monoisotopic (exact) mass is 248 g/mol. The van der Waals surface area contributed by atoms with E-state index in [-0.39, 0.29) is 5.91 Å². The van der Waals surface area contributed by atoms with E-state index in [9.17, 15) is 4.79 Å². The van der Waals surface area contributed by atoms with Crippen LogP contribution in [-0.2, 0) is 6.54 Å². The zero-order valence-electron chi connectivity index (χ0n) is 11.0. The Morgan fingerprint density at radius 3 is 2.50 bits per heavy atom. The largest absolute Gasteiger partial charge is 0.469 e. The molecule has 0 aliphatic heterocycles. The van der Waals surface area contributed by atoms with Crippen LogP contribution in [-0.4, -0.2) is 11.1 Å². The molecule has 0 aliphatic carbocycles. The van der Waals surface area contributed by atoms with Gasteiger partial charge in [-0.05, 0) is 27.7 Å². The first-order valence-electron chi connectivity index (χ1n) is 5.75. The lowest BCUT2D eigenvalue weighted by Crippen LogP contribution is -2.24. The maximum atomic E-state index is 12.0. The van der Waals surface area contributed by atoms with E-state index in [1.165, 1.54) is 0 Å². The Bertz CT molecular complexity index is 542. The van der Waals surface area contributed by atoms with Crippen LogP contribution in [0.25, 0.3) is 0 Å². The zero-order valence-corrected chi connectivity index (χ0v) is 11.0. The predicted octanol–water partition coefficient (Wildman–Crippen LogP) is 2.43. The van der Waals surface area contributed by atoms with Gasteiger partial charge in [0.25, 0.3) is 5.91 Å². The van der Waals surface area contributed by atoms with Crippen molar-refractivity contribution in [3.05, 3.63) is 40.2 Å². The van der Waals surface area contributed by atoms with E-state index in [4.69, 9.17) is 8.94 Å². The van der Waals surface area contributed by atoms with E-state index in [1.54, 1.807) is 13.2 Å². The van der Waals surface area contributed by atoms with E-state index in [0.29, 0.717) is 17.9 Å².